The third-order valence-electron chi connectivity index (χ3n) is 2.08. The van der Waals surface area contributed by atoms with Crippen molar-refractivity contribution in [1.29, 1.82) is 0 Å². The average Bonchev–Trinajstić information content (AvgIpc) is 2.00. The number of nitrogens with zero attached hydrogens (tertiary/aromatic N) is 2. The van der Waals surface area contributed by atoms with Crippen molar-refractivity contribution in [1.82, 2.24) is 4.98 Å². The highest BCUT2D eigenvalue weighted by Crippen LogP contribution is 2.33. The van der Waals surface area contributed by atoms with E-state index in [1.165, 1.54) is 0 Å². The second-order valence-electron chi connectivity index (χ2n) is 3.12. The topological polar surface area (TPSA) is 62.4 Å². The van der Waals surface area contributed by atoms with Crippen LogP contribution in [0.4, 0.5) is 11.4 Å². The Kier molecular flexibility index (Phi) is 2.01. The zero-order valence-corrected chi connectivity index (χ0v) is 7.70. The third-order valence-corrected chi connectivity index (χ3v) is 2.36. The molecule has 3 N–H and O–H groups in total. The number of aliphatic hydroxyl groups excluding tert-OH is 1. The lowest BCUT2D eigenvalue weighted by atomic mass is 10.1. The van der Waals surface area contributed by atoms with Crippen LogP contribution in [0.1, 0.15) is 0 Å². The molecule has 1 aromatic rings. The summed E-state index contributed by atoms with van der Waals surface area (Å²) in [4.78, 5) is 5.79. The Bertz CT molecular complexity index is 305. The molecule has 0 spiro atoms. The standard InChI is InChI=1S/C8H10ClN3O/c9-6-1-11-2-7(10)8(6)12-3-5(13)4-12/h1-2,5,13H,3-4,10H2. The predicted molar refractivity (Wildman–Crippen MR) is 51.9 cm³/mol. The molecule has 1 saturated heterocycles. The van der Waals surface area contributed by atoms with Gasteiger partial charge in [-0.3, -0.25) is 4.98 Å². The second-order valence-corrected chi connectivity index (χ2v) is 3.53. The maximum absolute atomic E-state index is 9.12. The van der Waals surface area contributed by atoms with E-state index in [9.17, 15) is 0 Å². The quantitative estimate of drug-likeness (QED) is 0.692. The predicted octanol–water partition coefficient (Wildman–Crippen LogP) is 0.498. The molecular formula is C8H10ClN3O. The number of rotatable bonds is 1. The number of nitrogens with two attached hydrogens (primary N) is 1. The summed E-state index contributed by atoms with van der Waals surface area (Å²) in [5, 5.41) is 9.65. The molecule has 1 aliphatic rings. The van der Waals surface area contributed by atoms with Gasteiger partial charge >= 0.3 is 0 Å². The third kappa shape index (κ3) is 1.43. The van der Waals surface area contributed by atoms with Crippen molar-refractivity contribution in [2.75, 3.05) is 23.7 Å². The summed E-state index contributed by atoms with van der Waals surface area (Å²) in [7, 11) is 0. The summed E-state index contributed by atoms with van der Waals surface area (Å²) < 4.78 is 0. The molecule has 0 aromatic carbocycles. The Balaban J connectivity index is 2.29. The van der Waals surface area contributed by atoms with E-state index < -0.39 is 0 Å². The van der Waals surface area contributed by atoms with Crippen LogP contribution in [0.15, 0.2) is 12.4 Å². The first-order chi connectivity index (χ1) is 6.18. The van der Waals surface area contributed by atoms with Crippen LogP contribution in [-0.4, -0.2) is 29.3 Å². The lowest BCUT2D eigenvalue weighted by Crippen LogP contribution is -2.51. The van der Waals surface area contributed by atoms with Crippen LogP contribution >= 0.6 is 11.6 Å². The molecule has 0 unspecified atom stereocenters. The van der Waals surface area contributed by atoms with Gasteiger partial charge in [0, 0.05) is 19.3 Å². The maximum Gasteiger partial charge on any atom is 0.0889 e. The second kappa shape index (κ2) is 3.05. The fraction of sp³-hybridized carbons (Fsp3) is 0.375. The van der Waals surface area contributed by atoms with E-state index in [0.29, 0.717) is 23.8 Å². The zero-order chi connectivity index (χ0) is 9.42. The van der Waals surface area contributed by atoms with Crippen LogP contribution in [0.2, 0.25) is 5.02 Å². The van der Waals surface area contributed by atoms with E-state index in [0.717, 1.165) is 5.69 Å². The van der Waals surface area contributed by atoms with Crippen molar-refractivity contribution >= 4 is 23.0 Å². The molecule has 1 fully saturated rings. The number of aromatic nitrogens is 1. The first-order valence-corrected chi connectivity index (χ1v) is 4.38. The summed E-state index contributed by atoms with van der Waals surface area (Å²) in [5.41, 5.74) is 7.04. The van der Waals surface area contributed by atoms with Gasteiger partial charge in [-0.1, -0.05) is 11.6 Å². The molecule has 2 heterocycles. The van der Waals surface area contributed by atoms with E-state index in [1.54, 1.807) is 12.4 Å². The smallest absolute Gasteiger partial charge is 0.0889 e. The fourth-order valence-corrected chi connectivity index (χ4v) is 1.70. The van der Waals surface area contributed by atoms with Gasteiger partial charge in [-0.2, -0.15) is 0 Å². The van der Waals surface area contributed by atoms with Crippen LogP contribution < -0.4 is 10.6 Å². The number of halogens is 1. The molecule has 0 radical (unpaired) electrons. The molecule has 70 valence electrons. The van der Waals surface area contributed by atoms with Crippen molar-refractivity contribution in [3.63, 3.8) is 0 Å². The Morgan fingerprint density at radius 3 is 2.77 bits per heavy atom. The molecular weight excluding hydrogens is 190 g/mol. The molecule has 0 atom stereocenters. The largest absolute Gasteiger partial charge is 0.396 e. The summed E-state index contributed by atoms with van der Waals surface area (Å²) in [5.74, 6) is 0. The van der Waals surface area contributed by atoms with E-state index >= 15 is 0 Å². The molecule has 1 aromatic heterocycles. The average molecular weight is 200 g/mol. The molecule has 5 heteroatoms. The van der Waals surface area contributed by atoms with E-state index in [-0.39, 0.29) is 6.10 Å². The number of pyridine rings is 1. The van der Waals surface area contributed by atoms with Crippen LogP contribution in [0.5, 0.6) is 0 Å². The van der Waals surface area contributed by atoms with Gasteiger partial charge < -0.3 is 15.7 Å². The van der Waals surface area contributed by atoms with Gasteiger partial charge in [0.1, 0.15) is 0 Å². The number of anilines is 2. The monoisotopic (exact) mass is 199 g/mol. The van der Waals surface area contributed by atoms with Gasteiger partial charge in [0.15, 0.2) is 0 Å². The Morgan fingerprint density at radius 2 is 2.23 bits per heavy atom. The SMILES string of the molecule is Nc1cncc(Cl)c1N1CC(O)C1. The number of β-amino-alcohol motifs (C(OH)–C–C–N with tert-alkyl or cyclic N) is 1. The van der Waals surface area contributed by atoms with Crippen LogP contribution in [0, 0.1) is 0 Å². The molecule has 0 saturated carbocycles. The minimum absolute atomic E-state index is 0.261. The van der Waals surface area contributed by atoms with Gasteiger partial charge in [-0.15, -0.1) is 0 Å². The van der Waals surface area contributed by atoms with Crippen LogP contribution in [-0.2, 0) is 0 Å². The Morgan fingerprint density at radius 1 is 1.54 bits per heavy atom. The minimum atomic E-state index is -0.261. The molecule has 4 nitrogen and oxygen atoms in total. The summed E-state index contributed by atoms with van der Waals surface area (Å²) in [6, 6.07) is 0. The van der Waals surface area contributed by atoms with Gasteiger partial charge in [0.05, 0.1) is 28.7 Å². The van der Waals surface area contributed by atoms with Crippen LogP contribution in [0.3, 0.4) is 0 Å². The Hall–Kier alpha value is -1.00. The lowest BCUT2D eigenvalue weighted by Gasteiger charge is -2.38. The fourth-order valence-electron chi connectivity index (χ4n) is 1.41. The summed E-state index contributed by atoms with van der Waals surface area (Å²) in [6.07, 6.45) is 2.85. The van der Waals surface area contributed by atoms with Gasteiger partial charge in [0.2, 0.25) is 0 Å². The maximum atomic E-state index is 9.12. The highest BCUT2D eigenvalue weighted by molar-refractivity contribution is 6.33. The highest BCUT2D eigenvalue weighted by atomic mass is 35.5. The first-order valence-electron chi connectivity index (χ1n) is 4.00. The number of aliphatic hydroxyl groups is 1. The summed E-state index contributed by atoms with van der Waals surface area (Å²) >= 11 is 5.92. The van der Waals surface area contributed by atoms with Crippen molar-refractivity contribution in [3.8, 4) is 0 Å². The van der Waals surface area contributed by atoms with Gasteiger partial charge in [-0.05, 0) is 0 Å². The van der Waals surface area contributed by atoms with Gasteiger partial charge in [-0.25, -0.2) is 0 Å². The minimum Gasteiger partial charge on any atom is -0.396 e. The van der Waals surface area contributed by atoms with Crippen molar-refractivity contribution in [3.05, 3.63) is 17.4 Å². The molecule has 0 amide bonds. The van der Waals surface area contributed by atoms with Crippen LogP contribution in [0.25, 0.3) is 0 Å². The lowest BCUT2D eigenvalue weighted by molar-refractivity contribution is 0.142. The van der Waals surface area contributed by atoms with E-state index in [4.69, 9.17) is 22.4 Å². The normalized spacial score (nSPS) is 17.2. The van der Waals surface area contributed by atoms with Crippen molar-refractivity contribution in [2.24, 2.45) is 0 Å². The summed E-state index contributed by atoms with van der Waals surface area (Å²) in [6.45, 7) is 1.18. The molecule has 2 rings (SSSR count). The number of hydrogen-bond acceptors (Lipinski definition) is 4. The number of hydrogen-bond donors (Lipinski definition) is 2. The molecule has 0 bridgehead atoms. The van der Waals surface area contributed by atoms with Crippen molar-refractivity contribution in [2.45, 2.75) is 6.10 Å². The Labute approximate surface area is 80.9 Å². The van der Waals surface area contributed by atoms with Crippen molar-refractivity contribution < 1.29 is 5.11 Å². The molecule has 0 aliphatic carbocycles. The highest BCUT2D eigenvalue weighted by Gasteiger charge is 2.27. The number of nitrogen functional groups attached to an aromatic ring is 1. The van der Waals surface area contributed by atoms with E-state index in [1.807, 2.05) is 4.90 Å². The van der Waals surface area contributed by atoms with E-state index in [2.05, 4.69) is 4.98 Å². The zero-order valence-electron chi connectivity index (χ0n) is 6.94. The molecule has 1 aliphatic heterocycles. The molecule has 13 heavy (non-hydrogen) atoms. The van der Waals surface area contributed by atoms with Gasteiger partial charge in [0.25, 0.3) is 0 Å². The first kappa shape index (κ1) is 8.59.